The molecule has 92 valence electrons. The average Bonchev–Trinajstić information content (AvgIpc) is 2.94. The molecule has 7 heteroatoms. The van der Waals surface area contributed by atoms with Crippen LogP contribution in [0.4, 0.5) is 0 Å². The number of rotatable bonds is 2. The maximum absolute atomic E-state index is 9.06. The number of hydrogen-bond donors (Lipinski definition) is 1. The molecule has 1 saturated heterocycles. The lowest BCUT2D eigenvalue weighted by molar-refractivity contribution is -0.0544. The van der Waals surface area contributed by atoms with Crippen LogP contribution in [0, 0.1) is 0 Å². The summed E-state index contributed by atoms with van der Waals surface area (Å²) in [4.78, 5) is 6.03. The van der Waals surface area contributed by atoms with Gasteiger partial charge in [0.2, 0.25) is 0 Å². The highest BCUT2D eigenvalue weighted by atomic mass is 16.5. The Balaban J connectivity index is 1.76. The van der Waals surface area contributed by atoms with Crippen molar-refractivity contribution in [2.24, 2.45) is 15.3 Å². The molecule has 3 aliphatic rings. The summed E-state index contributed by atoms with van der Waals surface area (Å²) < 4.78 is 5.69. The van der Waals surface area contributed by atoms with E-state index in [-0.39, 0.29) is 25.1 Å². The van der Waals surface area contributed by atoms with Crippen molar-refractivity contribution >= 4 is 6.34 Å². The summed E-state index contributed by atoms with van der Waals surface area (Å²) in [5.74, 6) is 0. The van der Waals surface area contributed by atoms with Gasteiger partial charge in [-0.15, -0.1) is 5.11 Å². The van der Waals surface area contributed by atoms with Gasteiger partial charge in [0.1, 0.15) is 5.70 Å². The standard InChI is InChI=1S/C10H15N5O2/c1-14-6-11-4-8-10(14)12-13-15(8)9-3-2-7(5-16)17-9/h4,6-7,9-10,16H,2-3,5H2,1H3/t7-,9-,10?/m0/s1. The summed E-state index contributed by atoms with van der Waals surface area (Å²) in [7, 11) is 1.91. The third-order valence-corrected chi connectivity index (χ3v) is 3.19. The second-order valence-corrected chi connectivity index (χ2v) is 4.38. The minimum absolute atomic E-state index is 0.0576. The highest BCUT2D eigenvalue weighted by molar-refractivity contribution is 5.58. The van der Waals surface area contributed by atoms with Crippen molar-refractivity contribution in [2.75, 3.05) is 13.7 Å². The molecule has 1 N–H and O–H groups in total. The van der Waals surface area contributed by atoms with Crippen LogP contribution >= 0.6 is 0 Å². The van der Waals surface area contributed by atoms with Crippen molar-refractivity contribution in [2.45, 2.75) is 31.3 Å². The number of aliphatic hydroxyl groups is 1. The Morgan fingerprint density at radius 3 is 3.18 bits per heavy atom. The van der Waals surface area contributed by atoms with E-state index < -0.39 is 0 Å². The Bertz CT molecular complexity index is 394. The molecule has 0 radical (unpaired) electrons. The van der Waals surface area contributed by atoms with Crippen molar-refractivity contribution < 1.29 is 9.84 Å². The van der Waals surface area contributed by atoms with E-state index in [1.54, 1.807) is 17.5 Å². The Kier molecular flexibility index (Phi) is 2.56. The fourth-order valence-corrected chi connectivity index (χ4v) is 2.25. The van der Waals surface area contributed by atoms with Gasteiger partial charge in [0.15, 0.2) is 12.4 Å². The first kappa shape index (κ1) is 10.7. The van der Waals surface area contributed by atoms with Crippen LogP contribution in [0.25, 0.3) is 0 Å². The van der Waals surface area contributed by atoms with Crippen molar-refractivity contribution in [3.05, 3.63) is 11.9 Å². The van der Waals surface area contributed by atoms with Gasteiger partial charge in [-0.05, 0) is 12.8 Å². The summed E-state index contributed by atoms with van der Waals surface area (Å²) in [6.45, 7) is 0.0576. The van der Waals surface area contributed by atoms with Gasteiger partial charge in [-0.3, -0.25) is 0 Å². The molecule has 1 fully saturated rings. The number of nitrogens with zero attached hydrogens (tertiary/aromatic N) is 5. The first-order valence-corrected chi connectivity index (χ1v) is 5.71. The van der Waals surface area contributed by atoms with Gasteiger partial charge in [0.25, 0.3) is 0 Å². The number of hydrogen-bond acceptors (Lipinski definition) is 7. The minimum atomic E-state index is -0.131. The molecule has 0 bridgehead atoms. The van der Waals surface area contributed by atoms with Crippen LogP contribution in [0.5, 0.6) is 0 Å². The monoisotopic (exact) mass is 237 g/mol. The van der Waals surface area contributed by atoms with Crippen molar-refractivity contribution in [1.29, 1.82) is 0 Å². The Morgan fingerprint density at radius 2 is 2.41 bits per heavy atom. The van der Waals surface area contributed by atoms with Crippen molar-refractivity contribution in [3.8, 4) is 0 Å². The normalized spacial score (nSPS) is 35.4. The topological polar surface area (TPSA) is 73.0 Å². The molecule has 0 aromatic heterocycles. The lowest BCUT2D eigenvalue weighted by Gasteiger charge is -2.27. The predicted octanol–water partition coefficient (Wildman–Crippen LogP) is 0.308. The van der Waals surface area contributed by atoms with Gasteiger partial charge < -0.3 is 14.7 Å². The Morgan fingerprint density at radius 1 is 1.53 bits per heavy atom. The smallest absolute Gasteiger partial charge is 0.188 e. The molecule has 3 heterocycles. The highest BCUT2D eigenvalue weighted by Crippen LogP contribution is 2.33. The molecular weight excluding hydrogens is 222 g/mol. The quantitative estimate of drug-likeness (QED) is 0.750. The van der Waals surface area contributed by atoms with Crippen LogP contribution in [0.3, 0.4) is 0 Å². The van der Waals surface area contributed by atoms with E-state index in [1.165, 1.54) is 0 Å². The Labute approximate surface area is 99.1 Å². The van der Waals surface area contributed by atoms with E-state index >= 15 is 0 Å². The second kappa shape index (κ2) is 4.08. The third-order valence-electron chi connectivity index (χ3n) is 3.19. The van der Waals surface area contributed by atoms with Crippen LogP contribution in [0.2, 0.25) is 0 Å². The third kappa shape index (κ3) is 1.71. The van der Waals surface area contributed by atoms with Gasteiger partial charge in [0.05, 0.1) is 25.2 Å². The zero-order valence-corrected chi connectivity index (χ0v) is 9.60. The van der Waals surface area contributed by atoms with Gasteiger partial charge >= 0.3 is 0 Å². The van der Waals surface area contributed by atoms with Gasteiger partial charge in [0, 0.05) is 7.05 Å². The van der Waals surface area contributed by atoms with Gasteiger partial charge in [-0.1, -0.05) is 5.22 Å². The molecule has 3 aliphatic heterocycles. The fourth-order valence-electron chi connectivity index (χ4n) is 2.25. The van der Waals surface area contributed by atoms with E-state index in [0.717, 1.165) is 18.5 Å². The summed E-state index contributed by atoms with van der Waals surface area (Å²) in [6, 6.07) is 0. The zero-order valence-electron chi connectivity index (χ0n) is 9.60. The first-order chi connectivity index (χ1) is 8.29. The zero-order chi connectivity index (χ0) is 11.8. The SMILES string of the molecule is CN1C=NC=C2C1N=NN2[C@@H]1CC[C@@H](CO)O1. The van der Waals surface area contributed by atoms with Crippen LogP contribution in [-0.2, 0) is 4.74 Å². The maximum atomic E-state index is 9.06. The summed E-state index contributed by atoms with van der Waals surface area (Å²) in [5, 5.41) is 19.2. The molecular formula is C10H15N5O2. The molecule has 0 aromatic rings. The molecule has 1 unspecified atom stereocenters. The lowest BCUT2D eigenvalue weighted by Crippen LogP contribution is -2.38. The van der Waals surface area contributed by atoms with E-state index in [0.29, 0.717) is 0 Å². The van der Waals surface area contributed by atoms with Crippen LogP contribution < -0.4 is 0 Å². The first-order valence-electron chi connectivity index (χ1n) is 5.71. The predicted molar refractivity (Wildman–Crippen MR) is 59.8 cm³/mol. The lowest BCUT2D eigenvalue weighted by atomic mass is 10.2. The fraction of sp³-hybridized carbons (Fsp3) is 0.700. The van der Waals surface area contributed by atoms with Gasteiger partial charge in [-0.25, -0.2) is 10.0 Å². The molecule has 7 nitrogen and oxygen atoms in total. The van der Waals surface area contributed by atoms with Crippen molar-refractivity contribution in [3.63, 3.8) is 0 Å². The molecule has 17 heavy (non-hydrogen) atoms. The van der Waals surface area contributed by atoms with E-state index in [4.69, 9.17) is 9.84 Å². The number of fused-ring (bicyclic) bond motifs is 1. The molecule has 0 spiro atoms. The largest absolute Gasteiger partial charge is 0.394 e. The van der Waals surface area contributed by atoms with Crippen LogP contribution in [0.1, 0.15) is 12.8 Å². The summed E-state index contributed by atoms with van der Waals surface area (Å²) in [6.07, 6.45) is 4.88. The molecule has 0 aliphatic carbocycles. The number of ether oxygens (including phenoxy) is 1. The molecule has 0 aromatic carbocycles. The summed E-state index contributed by atoms with van der Waals surface area (Å²) in [5.41, 5.74) is 0.929. The second-order valence-electron chi connectivity index (χ2n) is 4.38. The van der Waals surface area contributed by atoms with Crippen LogP contribution in [0.15, 0.2) is 27.2 Å². The highest BCUT2D eigenvalue weighted by Gasteiger charge is 2.38. The van der Waals surface area contributed by atoms with Crippen LogP contribution in [-0.4, -0.2) is 53.5 Å². The minimum Gasteiger partial charge on any atom is -0.394 e. The molecule has 3 rings (SSSR count). The molecule has 3 atom stereocenters. The van der Waals surface area contributed by atoms with E-state index in [2.05, 4.69) is 15.3 Å². The van der Waals surface area contributed by atoms with E-state index in [1.807, 2.05) is 11.9 Å². The van der Waals surface area contributed by atoms with E-state index in [9.17, 15) is 0 Å². The number of aliphatic imine (C=N–C) groups is 1. The number of likely N-dealkylation sites (N-methyl/N-ethyl adjacent to an activating group) is 1. The van der Waals surface area contributed by atoms with Crippen molar-refractivity contribution in [1.82, 2.24) is 9.91 Å². The molecule has 0 saturated carbocycles. The Hall–Kier alpha value is -1.47. The van der Waals surface area contributed by atoms with Gasteiger partial charge in [-0.2, -0.15) is 0 Å². The summed E-state index contributed by atoms with van der Waals surface area (Å²) >= 11 is 0. The molecule has 0 amide bonds. The number of aliphatic hydroxyl groups excluding tert-OH is 1. The average molecular weight is 237 g/mol. The maximum Gasteiger partial charge on any atom is 0.188 e.